The van der Waals surface area contributed by atoms with E-state index in [1.807, 2.05) is 0 Å². The predicted octanol–water partition coefficient (Wildman–Crippen LogP) is 3.03. The van der Waals surface area contributed by atoms with Crippen molar-refractivity contribution in [3.8, 4) is 16.9 Å². The molecule has 29 heavy (non-hydrogen) atoms. The summed E-state index contributed by atoms with van der Waals surface area (Å²) >= 11 is 0. The maximum absolute atomic E-state index is 5.96. The second kappa shape index (κ2) is 9.72. The van der Waals surface area contributed by atoms with Crippen molar-refractivity contribution in [1.82, 2.24) is 15.1 Å². The third kappa shape index (κ3) is 5.37. The van der Waals surface area contributed by atoms with Crippen LogP contribution in [0.4, 0.5) is 0 Å². The highest BCUT2D eigenvalue weighted by atomic mass is 16.5. The zero-order valence-electron chi connectivity index (χ0n) is 17.6. The van der Waals surface area contributed by atoms with Gasteiger partial charge in [-0.3, -0.25) is 4.90 Å². The summed E-state index contributed by atoms with van der Waals surface area (Å²) in [5.41, 5.74) is 3.66. The van der Waals surface area contributed by atoms with Crippen molar-refractivity contribution in [3.05, 3.63) is 54.1 Å². The van der Waals surface area contributed by atoms with Crippen LogP contribution in [0.2, 0.25) is 0 Å². The van der Waals surface area contributed by atoms with Gasteiger partial charge in [-0.2, -0.15) is 0 Å². The van der Waals surface area contributed by atoms with Gasteiger partial charge in [-0.05, 0) is 42.8 Å². The van der Waals surface area contributed by atoms with Crippen LogP contribution in [0.25, 0.3) is 11.1 Å². The lowest BCUT2D eigenvalue weighted by atomic mass is 9.98. The molecule has 2 aromatic carbocycles. The van der Waals surface area contributed by atoms with Crippen LogP contribution in [-0.4, -0.2) is 75.4 Å². The van der Waals surface area contributed by atoms with Crippen LogP contribution in [-0.2, 0) is 4.74 Å². The van der Waals surface area contributed by atoms with Gasteiger partial charge in [0.25, 0.3) is 0 Å². The van der Waals surface area contributed by atoms with Gasteiger partial charge >= 0.3 is 0 Å². The molecule has 0 unspecified atom stereocenters. The fourth-order valence-corrected chi connectivity index (χ4v) is 4.08. The fourth-order valence-electron chi connectivity index (χ4n) is 4.08. The fraction of sp³-hybridized carbons (Fsp3) is 0.500. The van der Waals surface area contributed by atoms with E-state index in [1.54, 1.807) is 0 Å². The lowest BCUT2D eigenvalue weighted by molar-refractivity contribution is -0.000215. The van der Waals surface area contributed by atoms with Crippen LogP contribution in [0.1, 0.15) is 18.6 Å². The van der Waals surface area contributed by atoms with Gasteiger partial charge < -0.3 is 19.7 Å². The standard InChI is InChI=1S/C24H33N3O2/c1-19-24(29-17-11-25-19)22-5-3-20(4-6-22)21-7-9-23(10-8-21)28-18-16-27-14-12-26(2)13-15-27/h3-10,19,24-25H,11-18H2,1-2H3/t19-,24+/m0/s1. The zero-order chi connectivity index (χ0) is 20.1. The molecule has 0 aliphatic carbocycles. The third-order valence-corrected chi connectivity index (χ3v) is 6.02. The quantitative estimate of drug-likeness (QED) is 0.814. The monoisotopic (exact) mass is 395 g/mol. The first-order valence-electron chi connectivity index (χ1n) is 10.8. The van der Waals surface area contributed by atoms with E-state index in [4.69, 9.17) is 9.47 Å². The van der Waals surface area contributed by atoms with Crippen LogP contribution in [0.15, 0.2) is 48.5 Å². The van der Waals surface area contributed by atoms with E-state index in [9.17, 15) is 0 Å². The summed E-state index contributed by atoms with van der Waals surface area (Å²) in [6.45, 7) is 10.2. The number of nitrogens with zero attached hydrogens (tertiary/aromatic N) is 2. The normalized spacial score (nSPS) is 23.8. The maximum Gasteiger partial charge on any atom is 0.119 e. The van der Waals surface area contributed by atoms with E-state index >= 15 is 0 Å². The minimum atomic E-state index is 0.133. The van der Waals surface area contributed by atoms with Gasteiger partial charge in [-0.15, -0.1) is 0 Å². The Hall–Kier alpha value is -1.92. The van der Waals surface area contributed by atoms with E-state index in [2.05, 4.69) is 77.6 Å². The van der Waals surface area contributed by atoms with Crippen LogP contribution in [0.3, 0.4) is 0 Å². The van der Waals surface area contributed by atoms with Crippen molar-refractivity contribution in [2.75, 3.05) is 59.5 Å². The molecule has 0 saturated carbocycles. The van der Waals surface area contributed by atoms with E-state index in [-0.39, 0.29) is 6.10 Å². The molecule has 156 valence electrons. The molecular formula is C24H33N3O2. The largest absolute Gasteiger partial charge is 0.492 e. The molecule has 0 spiro atoms. The number of likely N-dealkylation sites (N-methyl/N-ethyl adjacent to an activating group) is 1. The van der Waals surface area contributed by atoms with Gasteiger partial charge in [0.15, 0.2) is 0 Å². The van der Waals surface area contributed by atoms with Crippen molar-refractivity contribution < 1.29 is 9.47 Å². The molecule has 2 heterocycles. The van der Waals surface area contributed by atoms with Crippen LogP contribution in [0, 0.1) is 0 Å². The summed E-state index contributed by atoms with van der Waals surface area (Å²) in [6.07, 6.45) is 0.133. The Bertz CT molecular complexity index is 755. The number of benzene rings is 2. The molecule has 5 nitrogen and oxygen atoms in total. The first-order valence-corrected chi connectivity index (χ1v) is 10.8. The Morgan fingerprint density at radius 3 is 2.28 bits per heavy atom. The summed E-state index contributed by atoms with van der Waals surface area (Å²) < 4.78 is 11.9. The second-order valence-electron chi connectivity index (χ2n) is 8.17. The summed E-state index contributed by atoms with van der Waals surface area (Å²) in [5, 5.41) is 3.48. The molecule has 0 aromatic heterocycles. The molecule has 1 N–H and O–H groups in total. The van der Waals surface area contributed by atoms with Gasteiger partial charge in [-0.25, -0.2) is 0 Å². The van der Waals surface area contributed by atoms with Crippen molar-refractivity contribution in [1.29, 1.82) is 0 Å². The van der Waals surface area contributed by atoms with Crippen molar-refractivity contribution >= 4 is 0 Å². The molecular weight excluding hydrogens is 362 g/mol. The number of rotatable bonds is 6. The first-order chi connectivity index (χ1) is 14.2. The molecule has 2 atom stereocenters. The van der Waals surface area contributed by atoms with Crippen molar-refractivity contribution in [2.45, 2.75) is 19.1 Å². The second-order valence-corrected chi connectivity index (χ2v) is 8.17. The van der Waals surface area contributed by atoms with Gasteiger partial charge in [0.05, 0.1) is 12.7 Å². The minimum Gasteiger partial charge on any atom is -0.492 e. The van der Waals surface area contributed by atoms with Gasteiger partial charge in [0.1, 0.15) is 12.4 Å². The van der Waals surface area contributed by atoms with Gasteiger partial charge in [-0.1, -0.05) is 36.4 Å². The molecule has 2 aliphatic heterocycles. The summed E-state index contributed by atoms with van der Waals surface area (Å²) in [5.74, 6) is 0.940. The van der Waals surface area contributed by atoms with E-state index in [0.717, 1.165) is 58.2 Å². The third-order valence-electron chi connectivity index (χ3n) is 6.02. The first kappa shape index (κ1) is 20.4. The molecule has 2 fully saturated rings. The minimum absolute atomic E-state index is 0.133. The van der Waals surface area contributed by atoms with Crippen LogP contribution >= 0.6 is 0 Å². The maximum atomic E-state index is 5.96. The number of piperazine rings is 1. The Labute approximate surface area is 174 Å². The average molecular weight is 396 g/mol. The van der Waals surface area contributed by atoms with Crippen molar-refractivity contribution in [3.63, 3.8) is 0 Å². The summed E-state index contributed by atoms with van der Waals surface area (Å²) in [6, 6.07) is 17.5. The lowest BCUT2D eigenvalue weighted by Gasteiger charge is -2.32. The van der Waals surface area contributed by atoms with Crippen molar-refractivity contribution in [2.24, 2.45) is 0 Å². The smallest absolute Gasteiger partial charge is 0.119 e. The zero-order valence-corrected chi connectivity index (χ0v) is 17.6. The molecule has 0 amide bonds. The van der Waals surface area contributed by atoms with Crippen LogP contribution in [0.5, 0.6) is 5.75 Å². The highest BCUT2D eigenvalue weighted by Crippen LogP contribution is 2.27. The molecule has 0 radical (unpaired) electrons. The highest BCUT2D eigenvalue weighted by molar-refractivity contribution is 5.64. The number of hydrogen-bond donors (Lipinski definition) is 1. The lowest BCUT2D eigenvalue weighted by Crippen LogP contribution is -2.45. The number of nitrogens with one attached hydrogen (secondary N) is 1. The predicted molar refractivity (Wildman–Crippen MR) is 117 cm³/mol. The average Bonchev–Trinajstić information content (AvgIpc) is 2.76. The van der Waals surface area contributed by atoms with E-state index in [1.165, 1.54) is 16.7 Å². The Kier molecular flexibility index (Phi) is 6.82. The summed E-state index contributed by atoms with van der Waals surface area (Å²) in [4.78, 5) is 4.85. The molecule has 0 bridgehead atoms. The summed E-state index contributed by atoms with van der Waals surface area (Å²) in [7, 11) is 2.18. The van der Waals surface area contributed by atoms with E-state index in [0.29, 0.717) is 6.04 Å². The molecule has 5 heteroatoms. The van der Waals surface area contributed by atoms with E-state index < -0.39 is 0 Å². The SMILES string of the molecule is C[C@@H]1NCCO[C@H]1c1ccc(-c2ccc(OCCN3CCN(C)CC3)cc2)cc1. The Balaban J connectivity index is 1.29. The highest BCUT2D eigenvalue weighted by Gasteiger charge is 2.23. The molecule has 2 saturated heterocycles. The molecule has 2 aromatic rings. The number of hydrogen-bond acceptors (Lipinski definition) is 5. The van der Waals surface area contributed by atoms with Crippen LogP contribution < -0.4 is 10.1 Å². The Morgan fingerprint density at radius 2 is 1.62 bits per heavy atom. The topological polar surface area (TPSA) is 37.0 Å². The number of ether oxygens (including phenoxy) is 2. The molecule has 4 rings (SSSR count). The van der Waals surface area contributed by atoms with Gasteiger partial charge in [0.2, 0.25) is 0 Å². The van der Waals surface area contributed by atoms with Gasteiger partial charge in [0, 0.05) is 45.3 Å². The number of morpholine rings is 1. The Morgan fingerprint density at radius 1 is 0.966 bits per heavy atom. The molecule has 2 aliphatic rings.